The number of anilines is 6. The highest BCUT2D eigenvalue weighted by Crippen LogP contribution is 2.32. The van der Waals surface area contributed by atoms with Crippen molar-refractivity contribution in [3.8, 4) is 0 Å². The van der Waals surface area contributed by atoms with E-state index < -0.39 is 70.4 Å². The number of furan rings is 6. The van der Waals surface area contributed by atoms with Crippen LogP contribution in [0.4, 0.5) is 35.3 Å². The van der Waals surface area contributed by atoms with Gasteiger partial charge in [-0.25, -0.2) is 28.8 Å². The maximum absolute atomic E-state index is 11.8. The summed E-state index contributed by atoms with van der Waals surface area (Å²) in [6.07, 6.45) is 0. The number of hydrogen-bond acceptors (Lipinski definition) is 16. The lowest BCUT2D eigenvalue weighted by Gasteiger charge is -2.30. The molecule has 0 amide bonds. The van der Waals surface area contributed by atoms with Crippen LogP contribution in [0.3, 0.4) is 0 Å². The summed E-state index contributed by atoms with van der Waals surface area (Å²) in [4.78, 5) is 75.8. The van der Waals surface area contributed by atoms with E-state index in [1.54, 1.807) is 9.80 Å². The van der Waals surface area contributed by atoms with Crippen molar-refractivity contribution in [1.29, 1.82) is 0 Å². The number of carboxylic acids is 6. The Labute approximate surface area is 323 Å². The van der Waals surface area contributed by atoms with Gasteiger partial charge in [-0.3, -0.25) is 9.80 Å². The molecule has 6 aromatic heterocycles. The van der Waals surface area contributed by atoms with E-state index in [4.69, 9.17) is 26.5 Å². The zero-order valence-electron chi connectivity index (χ0n) is 29.5. The van der Waals surface area contributed by atoms with Crippen molar-refractivity contribution in [2.24, 2.45) is 0 Å². The lowest BCUT2D eigenvalue weighted by Crippen LogP contribution is -2.41. The summed E-state index contributed by atoms with van der Waals surface area (Å²) in [6.45, 7) is -0.343. The maximum atomic E-state index is 11.8. The molecular formula is C36H30N4O18. The van der Waals surface area contributed by atoms with E-state index in [1.165, 1.54) is 82.6 Å². The zero-order chi connectivity index (χ0) is 41.7. The highest BCUT2D eigenvalue weighted by atomic mass is 16.4. The van der Waals surface area contributed by atoms with Crippen LogP contribution in [0.2, 0.25) is 0 Å². The zero-order valence-corrected chi connectivity index (χ0v) is 29.5. The van der Waals surface area contributed by atoms with Crippen LogP contribution in [0, 0.1) is 0 Å². The van der Waals surface area contributed by atoms with Gasteiger partial charge in [-0.05, 0) is 36.4 Å². The van der Waals surface area contributed by atoms with Crippen molar-refractivity contribution in [3.63, 3.8) is 0 Å². The summed E-state index contributed by atoms with van der Waals surface area (Å²) in [5, 5.41) is 57.0. The second-order valence-corrected chi connectivity index (χ2v) is 11.9. The SMILES string of the molecule is O=C(O)c1ccc(N(CCN(CCN(c2ccc(C(=O)O)o2)c2ccc(C(=O)O)o2)c2ccc(C(=O)O)o2)CCN(c2ccc(C(=O)O)o2)c2ccc(C(=O)O)o2)o1. The third kappa shape index (κ3) is 8.80. The summed E-state index contributed by atoms with van der Waals surface area (Å²) in [6, 6.07) is 15.2. The van der Waals surface area contributed by atoms with E-state index in [0.717, 1.165) is 0 Å². The molecule has 0 unspecified atom stereocenters. The number of rotatable bonds is 21. The molecule has 22 nitrogen and oxygen atoms in total. The van der Waals surface area contributed by atoms with Gasteiger partial charge in [-0.15, -0.1) is 0 Å². The van der Waals surface area contributed by atoms with E-state index in [1.807, 2.05) is 0 Å². The van der Waals surface area contributed by atoms with Crippen LogP contribution >= 0.6 is 0 Å². The lowest BCUT2D eigenvalue weighted by atomic mass is 10.3. The highest BCUT2D eigenvalue weighted by molar-refractivity contribution is 5.88. The molecule has 0 aliphatic rings. The molecule has 0 aliphatic carbocycles. The van der Waals surface area contributed by atoms with E-state index in [2.05, 4.69) is 0 Å². The first-order valence-corrected chi connectivity index (χ1v) is 16.7. The minimum atomic E-state index is -1.37. The molecule has 6 aromatic rings. The summed E-state index contributed by atoms with van der Waals surface area (Å²) in [5.41, 5.74) is 0. The van der Waals surface area contributed by atoms with Crippen LogP contribution < -0.4 is 19.6 Å². The molecule has 0 aliphatic heterocycles. The molecule has 6 rings (SSSR count). The average molecular weight is 807 g/mol. The molecule has 0 spiro atoms. The Morgan fingerprint density at radius 3 is 0.707 bits per heavy atom. The van der Waals surface area contributed by atoms with Crippen molar-refractivity contribution in [1.82, 2.24) is 0 Å². The maximum Gasteiger partial charge on any atom is 0.371 e. The summed E-state index contributed by atoms with van der Waals surface area (Å²) < 4.78 is 33.2. The van der Waals surface area contributed by atoms with E-state index >= 15 is 0 Å². The first kappa shape index (κ1) is 39.4. The highest BCUT2D eigenvalue weighted by Gasteiger charge is 2.26. The summed E-state index contributed by atoms with van der Waals surface area (Å²) in [7, 11) is 0. The van der Waals surface area contributed by atoms with Gasteiger partial charge in [0.2, 0.25) is 58.1 Å². The molecule has 0 bridgehead atoms. The van der Waals surface area contributed by atoms with Gasteiger partial charge in [-0.1, -0.05) is 0 Å². The standard InChI is InChI=1S/C36H30N4O18/c41-31(42)19-1-7-25(53-19)37(15-17-39(27-9-3-21(55-27)33(45)46)28-10-4-22(56-28)34(47)48)13-14-38(26-8-2-20(54-26)32(43)44)16-18-40(29-11-5-23(57-29)35(49)50)30-12-6-24(58-30)36(51)52/h1-12H,13-18H2,(H,41,42)(H,43,44)(H,45,46)(H,47,48)(H,49,50)(H,51,52). The van der Waals surface area contributed by atoms with Crippen molar-refractivity contribution >= 4 is 71.1 Å². The first-order chi connectivity index (χ1) is 27.7. The molecule has 0 saturated heterocycles. The quantitative estimate of drug-likeness (QED) is 0.0528. The Hall–Kier alpha value is -8.30. The van der Waals surface area contributed by atoms with Gasteiger partial charge < -0.3 is 66.9 Å². The predicted molar refractivity (Wildman–Crippen MR) is 192 cm³/mol. The van der Waals surface area contributed by atoms with Crippen LogP contribution in [0.15, 0.2) is 99.3 Å². The van der Waals surface area contributed by atoms with Crippen LogP contribution in [0.1, 0.15) is 63.3 Å². The van der Waals surface area contributed by atoms with Crippen LogP contribution in [-0.4, -0.2) is 106 Å². The minimum Gasteiger partial charge on any atom is -0.475 e. The number of carboxylic acid groups (broad SMARTS) is 6. The van der Waals surface area contributed by atoms with Gasteiger partial charge in [0.05, 0.1) is 0 Å². The van der Waals surface area contributed by atoms with Gasteiger partial charge in [0.1, 0.15) is 0 Å². The number of hydrogen-bond donors (Lipinski definition) is 6. The average Bonchev–Trinajstić information content (AvgIpc) is 4.02. The normalized spacial score (nSPS) is 11.0. The van der Waals surface area contributed by atoms with Gasteiger partial charge in [0.25, 0.3) is 0 Å². The van der Waals surface area contributed by atoms with Gasteiger partial charge in [-0.2, -0.15) is 0 Å². The molecule has 0 radical (unpaired) electrons. The molecule has 22 heteroatoms. The Morgan fingerprint density at radius 1 is 0.310 bits per heavy atom. The molecule has 6 N–H and O–H groups in total. The molecular weight excluding hydrogens is 776 g/mol. The summed E-state index contributed by atoms with van der Waals surface area (Å²) >= 11 is 0. The molecule has 302 valence electrons. The Morgan fingerprint density at radius 2 is 0.500 bits per heavy atom. The lowest BCUT2D eigenvalue weighted by molar-refractivity contribution is 0.0652. The Kier molecular flexibility index (Phi) is 11.3. The van der Waals surface area contributed by atoms with Crippen molar-refractivity contribution < 1.29 is 85.9 Å². The van der Waals surface area contributed by atoms with Crippen LogP contribution in [-0.2, 0) is 0 Å². The molecule has 0 aromatic carbocycles. The molecule has 0 fully saturated rings. The monoisotopic (exact) mass is 806 g/mol. The van der Waals surface area contributed by atoms with E-state index in [9.17, 15) is 59.4 Å². The fourth-order valence-corrected chi connectivity index (χ4v) is 5.58. The topological polar surface area (TPSA) is 316 Å². The minimum absolute atomic E-state index is 0.0194. The molecule has 0 saturated carbocycles. The fourth-order valence-electron chi connectivity index (χ4n) is 5.58. The fraction of sp³-hybridized carbons (Fsp3) is 0.167. The second kappa shape index (κ2) is 16.6. The molecule has 58 heavy (non-hydrogen) atoms. The Balaban J connectivity index is 1.31. The molecule has 6 heterocycles. The van der Waals surface area contributed by atoms with Crippen LogP contribution in [0.25, 0.3) is 0 Å². The van der Waals surface area contributed by atoms with Crippen LogP contribution in [0.5, 0.6) is 0 Å². The first-order valence-electron chi connectivity index (χ1n) is 16.7. The van der Waals surface area contributed by atoms with E-state index in [-0.39, 0.29) is 74.6 Å². The Bertz CT molecular complexity index is 2190. The number of aromatic carboxylic acids is 6. The second-order valence-electron chi connectivity index (χ2n) is 11.9. The van der Waals surface area contributed by atoms with Gasteiger partial charge in [0.15, 0.2) is 11.8 Å². The van der Waals surface area contributed by atoms with Crippen molar-refractivity contribution in [2.45, 2.75) is 0 Å². The third-order valence-electron chi connectivity index (χ3n) is 8.33. The number of nitrogens with zero attached hydrogens (tertiary/aromatic N) is 4. The van der Waals surface area contributed by atoms with Crippen molar-refractivity contribution in [3.05, 3.63) is 107 Å². The third-order valence-corrected chi connectivity index (χ3v) is 8.33. The van der Waals surface area contributed by atoms with Crippen molar-refractivity contribution in [2.75, 3.05) is 58.9 Å². The van der Waals surface area contributed by atoms with E-state index in [0.29, 0.717) is 0 Å². The van der Waals surface area contributed by atoms with Gasteiger partial charge >= 0.3 is 35.8 Å². The molecule has 0 atom stereocenters. The summed E-state index contributed by atoms with van der Waals surface area (Å²) in [5.74, 6) is -10.8. The smallest absolute Gasteiger partial charge is 0.371 e. The van der Waals surface area contributed by atoms with Gasteiger partial charge in [0, 0.05) is 75.7 Å². The predicted octanol–water partition coefficient (Wildman–Crippen LogP) is 5.42. The number of carbonyl (C=O) groups is 6. The largest absolute Gasteiger partial charge is 0.475 e.